The number of rotatable bonds is 4. The molecule has 1 rings (SSSR count). The third kappa shape index (κ3) is 3.75. The second-order valence-electron chi connectivity index (χ2n) is 4.32. The van der Waals surface area contributed by atoms with Crippen LogP contribution in [-0.4, -0.2) is 16.0 Å². The predicted molar refractivity (Wildman–Crippen MR) is 64.0 cm³/mol. The van der Waals surface area contributed by atoms with Gasteiger partial charge in [0.25, 0.3) is 0 Å². The first kappa shape index (κ1) is 14.5. The molecule has 0 aromatic carbocycles. The number of nitrogens with one attached hydrogen (secondary N) is 1. The van der Waals surface area contributed by atoms with Crippen molar-refractivity contribution in [3.8, 4) is 0 Å². The van der Waals surface area contributed by atoms with Gasteiger partial charge in [0.1, 0.15) is 11.6 Å². The third-order valence-electron chi connectivity index (χ3n) is 2.87. The van der Waals surface area contributed by atoms with Crippen molar-refractivity contribution in [3.63, 3.8) is 0 Å². The first-order valence-corrected chi connectivity index (χ1v) is 5.72. The van der Waals surface area contributed by atoms with Crippen molar-refractivity contribution in [2.45, 2.75) is 39.4 Å². The lowest BCUT2D eigenvalue weighted by Crippen LogP contribution is -2.25. The number of anilines is 2. The van der Waals surface area contributed by atoms with Crippen molar-refractivity contribution in [2.75, 3.05) is 11.1 Å². The minimum Gasteiger partial charge on any atom is -0.384 e. The molecule has 4 nitrogen and oxygen atoms in total. The molecule has 1 aromatic rings. The molecule has 102 valence electrons. The molecule has 1 heterocycles. The standard InChI is InChI=1S/C11H17F3N4/c1-4-6(2)7(3)16-9-5-8(15)17-10(18-9)11(12,13)14/h5-7H,4H2,1-3H3,(H3,15,16,17,18). The minimum atomic E-state index is -4.59. The Morgan fingerprint density at radius 2 is 1.94 bits per heavy atom. The summed E-state index contributed by atoms with van der Waals surface area (Å²) < 4.78 is 37.5. The van der Waals surface area contributed by atoms with Gasteiger partial charge in [0.2, 0.25) is 5.82 Å². The molecular formula is C11H17F3N4. The second kappa shape index (κ2) is 5.41. The number of alkyl halides is 3. The summed E-state index contributed by atoms with van der Waals surface area (Å²) >= 11 is 0. The maximum Gasteiger partial charge on any atom is 0.451 e. The zero-order chi connectivity index (χ0) is 13.9. The molecular weight excluding hydrogens is 245 g/mol. The molecule has 0 saturated carbocycles. The number of nitrogens with two attached hydrogens (primary N) is 1. The first-order valence-electron chi connectivity index (χ1n) is 5.72. The number of nitrogen functional groups attached to an aromatic ring is 1. The Kier molecular flexibility index (Phi) is 4.37. The highest BCUT2D eigenvalue weighted by Crippen LogP contribution is 2.28. The molecule has 18 heavy (non-hydrogen) atoms. The molecule has 2 atom stereocenters. The Hall–Kier alpha value is -1.53. The Labute approximate surface area is 104 Å². The van der Waals surface area contributed by atoms with Gasteiger partial charge in [-0.25, -0.2) is 9.97 Å². The number of aromatic nitrogens is 2. The summed E-state index contributed by atoms with van der Waals surface area (Å²) in [6, 6.07) is 1.30. The highest BCUT2D eigenvalue weighted by Gasteiger charge is 2.35. The van der Waals surface area contributed by atoms with Crippen molar-refractivity contribution < 1.29 is 13.2 Å². The van der Waals surface area contributed by atoms with Crippen LogP contribution in [0.1, 0.15) is 33.0 Å². The van der Waals surface area contributed by atoms with Gasteiger partial charge in [-0.1, -0.05) is 20.3 Å². The molecule has 0 radical (unpaired) electrons. The van der Waals surface area contributed by atoms with Crippen LogP contribution in [0.5, 0.6) is 0 Å². The maximum atomic E-state index is 12.5. The van der Waals surface area contributed by atoms with Gasteiger partial charge in [-0.2, -0.15) is 13.2 Å². The van der Waals surface area contributed by atoms with Crippen molar-refractivity contribution in [3.05, 3.63) is 11.9 Å². The molecule has 3 N–H and O–H groups in total. The van der Waals surface area contributed by atoms with Crippen LogP contribution in [0.25, 0.3) is 0 Å². The fraction of sp³-hybridized carbons (Fsp3) is 0.636. The number of nitrogens with zero attached hydrogens (tertiary/aromatic N) is 2. The Balaban J connectivity index is 2.94. The van der Waals surface area contributed by atoms with Crippen LogP contribution in [0.3, 0.4) is 0 Å². The van der Waals surface area contributed by atoms with Gasteiger partial charge < -0.3 is 11.1 Å². The normalized spacial score (nSPS) is 15.2. The van der Waals surface area contributed by atoms with Gasteiger partial charge in [-0.15, -0.1) is 0 Å². The third-order valence-corrected chi connectivity index (χ3v) is 2.87. The van der Waals surface area contributed by atoms with E-state index in [1.54, 1.807) is 0 Å². The van der Waals surface area contributed by atoms with E-state index in [9.17, 15) is 13.2 Å². The molecule has 0 amide bonds. The summed E-state index contributed by atoms with van der Waals surface area (Å²) in [5.41, 5.74) is 5.35. The molecule has 0 aliphatic heterocycles. The van der Waals surface area contributed by atoms with Crippen LogP contribution in [0, 0.1) is 5.92 Å². The fourth-order valence-electron chi connectivity index (χ4n) is 1.40. The zero-order valence-corrected chi connectivity index (χ0v) is 10.5. The quantitative estimate of drug-likeness (QED) is 0.875. The van der Waals surface area contributed by atoms with E-state index in [2.05, 4.69) is 15.3 Å². The maximum absolute atomic E-state index is 12.5. The summed E-state index contributed by atoms with van der Waals surface area (Å²) in [5.74, 6) is -1.00. The zero-order valence-electron chi connectivity index (χ0n) is 10.5. The number of halogens is 3. The van der Waals surface area contributed by atoms with Crippen LogP contribution < -0.4 is 11.1 Å². The molecule has 2 unspecified atom stereocenters. The predicted octanol–water partition coefficient (Wildman–Crippen LogP) is 2.92. The largest absolute Gasteiger partial charge is 0.451 e. The first-order chi connectivity index (χ1) is 8.24. The summed E-state index contributed by atoms with van der Waals surface area (Å²) in [4.78, 5) is 6.61. The monoisotopic (exact) mass is 262 g/mol. The number of hydrogen-bond donors (Lipinski definition) is 2. The van der Waals surface area contributed by atoms with E-state index < -0.39 is 12.0 Å². The highest BCUT2D eigenvalue weighted by atomic mass is 19.4. The lowest BCUT2D eigenvalue weighted by Gasteiger charge is -2.21. The van der Waals surface area contributed by atoms with Gasteiger partial charge in [-0.3, -0.25) is 0 Å². The van der Waals surface area contributed by atoms with Gasteiger partial charge >= 0.3 is 6.18 Å². The summed E-state index contributed by atoms with van der Waals surface area (Å²) in [5, 5.41) is 2.91. The summed E-state index contributed by atoms with van der Waals surface area (Å²) in [6.07, 6.45) is -3.67. The molecule has 0 saturated heterocycles. The van der Waals surface area contributed by atoms with Crippen molar-refractivity contribution >= 4 is 11.6 Å². The molecule has 7 heteroatoms. The smallest absolute Gasteiger partial charge is 0.384 e. The van der Waals surface area contributed by atoms with E-state index in [0.29, 0.717) is 5.92 Å². The molecule has 1 aromatic heterocycles. The van der Waals surface area contributed by atoms with E-state index in [1.807, 2.05) is 20.8 Å². The van der Waals surface area contributed by atoms with E-state index in [-0.39, 0.29) is 17.7 Å². The van der Waals surface area contributed by atoms with Crippen LogP contribution in [0.15, 0.2) is 6.07 Å². The van der Waals surface area contributed by atoms with Gasteiger partial charge in [0.15, 0.2) is 0 Å². The molecule has 0 aliphatic rings. The average Bonchev–Trinajstić information content (AvgIpc) is 2.25. The minimum absolute atomic E-state index is 0.00498. The molecule has 0 spiro atoms. The molecule has 0 aliphatic carbocycles. The second-order valence-corrected chi connectivity index (χ2v) is 4.32. The van der Waals surface area contributed by atoms with Gasteiger partial charge in [0, 0.05) is 12.1 Å². The van der Waals surface area contributed by atoms with E-state index >= 15 is 0 Å². The van der Waals surface area contributed by atoms with Crippen molar-refractivity contribution in [1.29, 1.82) is 0 Å². The fourth-order valence-corrected chi connectivity index (χ4v) is 1.40. The van der Waals surface area contributed by atoms with Crippen LogP contribution in [-0.2, 0) is 6.18 Å². The lowest BCUT2D eigenvalue weighted by molar-refractivity contribution is -0.144. The highest BCUT2D eigenvalue weighted by molar-refractivity contribution is 5.45. The van der Waals surface area contributed by atoms with Crippen LogP contribution >= 0.6 is 0 Å². The van der Waals surface area contributed by atoms with Gasteiger partial charge in [0.05, 0.1) is 0 Å². The van der Waals surface area contributed by atoms with E-state index in [0.717, 1.165) is 6.42 Å². The van der Waals surface area contributed by atoms with Crippen molar-refractivity contribution in [2.24, 2.45) is 5.92 Å². The number of hydrogen-bond acceptors (Lipinski definition) is 4. The lowest BCUT2D eigenvalue weighted by atomic mass is 10.0. The summed E-state index contributed by atoms with van der Waals surface area (Å²) in [7, 11) is 0. The topological polar surface area (TPSA) is 63.8 Å². The van der Waals surface area contributed by atoms with Crippen molar-refractivity contribution in [1.82, 2.24) is 9.97 Å². The Morgan fingerprint density at radius 1 is 1.33 bits per heavy atom. The SMILES string of the molecule is CCC(C)C(C)Nc1cc(N)nc(C(F)(F)F)n1. The average molecular weight is 262 g/mol. The van der Waals surface area contributed by atoms with Crippen LogP contribution in [0.2, 0.25) is 0 Å². The van der Waals surface area contributed by atoms with Crippen LogP contribution in [0.4, 0.5) is 24.8 Å². The summed E-state index contributed by atoms with van der Waals surface area (Å²) in [6.45, 7) is 5.91. The van der Waals surface area contributed by atoms with E-state index in [4.69, 9.17) is 5.73 Å². The van der Waals surface area contributed by atoms with Gasteiger partial charge in [-0.05, 0) is 12.8 Å². The Bertz CT molecular complexity index is 406. The Morgan fingerprint density at radius 3 is 2.44 bits per heavy atom. The molecule has 0 bridgehead atoms. The molecule has 0 fully saturated rings. The van der Waals surface area contributed by atoms with E-state index in [1.165, 1.54) is 6.07 Å².